The molecule has 3 rings (SSSR count). The van der Waals surface area contributed by atoms with Gasteiger partial charge in [-0.15, -0.1) is 0 Å². The summed E-state index contributed by atoms with van der Waals surface area (Å²) in [5.74, 6) is 0.509. The van der Waals surface area contributed by atoms with Crippen LogP contribution in [-0.4, -0.2) is 31.3 Å². The van der Waals surface area contributed by atoms with Crippen molar-refractivity contribution in [3.63, 3.8) is 0 Å². The number of hydrogen-bond donors (Lipinski definition) is 0. The first-order valence-corrected chi connectivity index (χ1v) is 11.2. The number of esters is 2. The highest BCUT2D eigenvalue weighted by Crippen LogP contribution is 2.34. The summed E-state index contributed by atoms with van der Waals surface area (Å²) in [6, 6.07) is 14.4. The Bertz CT molecular complexity index is 949. The van der Waals surface area contributed by atoms with Crippen molar-refractivity contribution in [3.8, 4) is 0 Å². The number of carbonyl (C=O) groups excluding carboxylic acids is 2. The van der Waals surface area contributed by atoms with E-state index in [4.69, 9.17) is 14.2 Å². The molecular weight excluding hydrogens is 404 g/mol. The molecule has 0 amide bonds. The average Bonchev–Trinajstić information content (AvgIpc) is 2.74. The molecule has 5 nitrogen and oxygen atoms in total. The standard InChI is InChI=1S/C27H32O5/c1-18(2)16-30-25(21-6-5-7-21)22-12-14-24(15-13-22)27(29)32-20(4)17-31-26(28)23-10-8-19(3)9-11-23/h8-15,18,20H,5-7,16-17H2,1-4H3. The van der Waals surface area contributed by atoms with Gasteiger partial charge in [0.1, 0.15) is 18.5 Å². The van der Waals surface area contributed by atoms with Crippen LogP contribution in [0.3, 0.4) is 0 Å². The quantitative estimate of drug-likeness (QED) is 0.358. The maximum absolute atomic E-state index is 12.5. The van der Waals surface area contributed by atoms with E-state index < -0.39 is 18.0 Å². The molecule has 170 valence electrons. The molecule has 0 bridgehead atoms. The first-order chi connectivity index (χ1) is 15.3. The molecule has 1 aliphatic carbocycles. The van der Waals surface area contributed by atoms with Crippen molar-refractivity contribution >= 4 is 17.7 Å². The Hall–Kier alpha value is -3.08. The monoisotopic (exact) mass is 436 g/mol. The van der Waals surface area contributed by atoms with Gasteiger partial charge in [0.05, 0.1) is 17.7 Å². The van der Waals surface area contributed by atoms with Crippen molar-refractivity contribution in [2.45, 2.75) is 53.1 Å². The number of carbonyl (C=O) groups is 2. The second-order valence-electron chi connectivity index (χ2n) is 8.75. The molecule has 0 radical (unpaired) electrons. The van der Waals surface area contributed by atoms with Gasteiger partial charge in [0.25, 0.3) is 0 Å². The highest BCUT2D eigenvalue weighted by molar-refractivity contribution is 5.90. The fourth-order valence-electron chi connectivity index (χ4n) is 3.23. The van der Waals surface area contributed by atoms with Crippen LogP contribution in [0.4, 0.5) is 0 Å². The van der Waals surface area contributed by atoms with E-state index in [1.165, 1.54) is 12.0 Å². The lowest BCUT2D eigenvalue weighted by molar-refractivity contribution is 0.00448. The van der Waals surface area contributed by atoms with Gasteiger partial charge >= 0.3 is 11.9 Å². The van der Waals surface area contributed by atoms with Crippen LogP contribution >= 0.6 is 0 Å². The van der Waals surface area contributed by atoms with Gasteiger partial charge in [-0.05, 0) is 68.9 Å². The topological polar surface area (TPSA) is 61.8 Å². The number of aryl methyl sites for hydroxylation is 1. The SMILES string of the molecule is Cc1ccc(C(=O)OCC(C)OC(=O)c2ccc(C(OCC(C)C)=C3CCC3)cc2)cc1. The van der Waals surface area contributed by atoms with Gasteiger partial charge in [0.2, 0.25) is 0 Å². The molecule has 1 saturated carbocycles. The van der Waals surface area contributed by atoms with Gasteiger partial charge in [-0.3, -0.25) is 0 Å². The molecule has 32 heavy (non-hydrogen) atoms. The molecule has 1 aliphatic rings. The summed E-state index contributed by atoms with van der Waals surface area (Å²) in [6.45, 7) is 8.57. The van der Waals surface area contributed by atoms with Crippen molar-refractivity contribution in [2.24, 2.45) is 5.92 Å². The highest BCUT2D eigenvalue weighted by atomic mass is 16.6. The van der Waals surface area contributed by atoms with Crippen LogP contribution in [0.5, 0.6) is 0 Å². The first kappa shape index (κ1) is 23.6. The van der Waals surface area contributed by atoms with Crippen molar-refractivity contribution < 1.29 is 23.8 Å². The summed E-state index contributed by atoms with van der Waals surface area (Å²) in [5, 5.41) is 0. The van der Waals surface area contributed by atoms with Gasteiger partial charge in [-0.25, -0.2) is 9.59 Å². The number of allylic oxidation sites excluding steroid dienone is 1. The van der Waals surface area contributed by atoms with Crippen LogP contribution in [0.2, 0.25) is 0 Å². The van der Waals surface area contributed by atoms with E-state index in [-0.39, 0.29) is 6.61 Å². The number of ether oxygens (including phenoxy) is 3. The van der Waals surface area contributed by atoms with Crippen molar-refractivity contribution in [3.05, 3.63) is 76.4 Å². The van der Waals surface area contributed by atoms with Crippen LogP contribution in [0.25, 0.3) is 5.76 Å². The molecule has 0 heterocycles. The van der Waals surface area contributed by atoms with Crippen molar-refractivity contribution in [2.75, 3.05) is 13.2 Å². The number of rotatable bonds is 9. The molecule has 0 spiro atoms. The van der Waals surface area contributed by atoms with Crippen molar-refractivity contribution in [1.29, 1.82) is 0 Å². The van der Waals surface area contributed by atoms with E-state index in [0.717, 1.165) is 29.7 Å². The summed E-state index contributed by atoms with van der Waals surface area (Å²) in [5.41, 5.74) is 4.31. The first-order valence-electron chi connectivity index (χ1n) is 11.2. The maximum atomic E-state index is 12.5. The lowest BCUT2D eigenvalue weighted by Gasteiger charge is -2.23. The predicted octanol–water partition coefficient (Wildman–Crippen LogP) is 5.96. The molecule has 0 aromatic heterocycles. The average molecular weight is 437 g/mol. The van der Waals surface area contributed by atoms with Crippen molar-refractivity contribution in [1.82, 2.24) is 0 Å². The fraction of sp³-hybridized carbons (Fsp3) is 0.407. The summed E-state index contributed by atoms with van der Waals surface area (Å²) >= 11 is 0. The molecule has 1 atom stereocenters. The summed E-state index contributed by atoms with van der Waals surface area (Å²) in [7, 11) is 0. The number of benzene rings is 2. The Kier molecular flexibility index (Phi) is 8.09. The normalized spacial score (nSPS) is 13.8. The van der Waals surface area contributed by atoms with Gasteiger partial charge in [-0.1, -0.05) is 43.7 Å². The van der Waals surface area contributed by atoms with E-state index in [1.807, 2.05) is 31.2 Å². The van der Waals surface area contributed by atoms with Gasteiger partial charge in [0.15, 0.2) is 0 Å². The lowest BCUT2D eigenvalue weighted by Crippen LogP contribution is -2.22. The highest BCUT2D eigenvalue weighted by Gasteiger charge is 2.19. The number of hydrogen-bond acceptors (Lipinski definition) is 5. The lowest BCUT2D eigenvalue weighted by atomic mass is 9.89. The molecule has 2 aromatic rings. The third-order valence-corrected chi connectivity index (χ3v) is 5.27. The molecule has 0 aliphatic heterocycles. The van der Waals surface area contributed by atoms with Gasteiger partial charge in [0, 0.05) is 5.56 Å². The molecule has 2 aromatic carbocycles. The molecule has 5 heteroatoms. The largest absolute Gasteiger partial charge is 0.493 e. The fourth-order valence-corrected chi connectivity index (χ4v) is 3.23. The molecule has 1 unspecified atom stereocenters. The van der Waals surface area contributed by atoms with Crippen LogP contribution < -0.4 is 0 Å². The third-order valence-electron chi connectivity index (χ3n) is 5.27. The zero-order chi connectivity index (χ0) is 23.1. The van der Waals surface area contributed by atoms with E-state index in [1.54, 1.807) is 31.2 Å². The van der Waals surface area contributed by atoms with E-state index >= 15 is 0 Å². The molecule has 0 saturated heterocycles. The maximum Gasteiger partial charge on any atom is 0.338 e. The Labute approximate surface area is 190 Å². The molecular formula is C27H32O5. The minimum absolute atomic E-state index is 0.00415. The molecule has 0 N–H and O–H groups in total. The third kappa shape index (κ3) is 6.46. The van der Waals surface area contributed by atoms with Crippen LogP contribution in [-0.2, 0) is 14.2 Å². The van der Waals surface area contributed by atoms with Gasteiger partial charge in [-0.2, -0.15) is 0 Å². The van der Waals surface area contributed by atoms with Gasteiger partial charge < -0.3 is 14.2 Å². The second-order valence-corrected chi connectivity index (χ2v) is 8.75. The Morgan fingerprint density at radius 2 is 1.34 bits per heavy atom. The Morgan fingerprint density at radius 3 is 1.91 bits per heavy atom. The van der Waals surface area contributed by atoms with Crippen LogP contribution in [0, 0.1) is 12.8 Å². The Balaban J connectivity index is 1.54. The van der Waals surface area contributed by atoms with Crippen LogP contribution in [0.1, 0.15) is 71.9 Å². The second kappa shape index (κ2) is 11.0. The van der Waals surface area contributed by atoms with E-state index in [0.29, 0.717) is 23.7 Å². The zero-order valence-electron chi connectivity index (χ0n) is 19.4. The minimum atomic E-state index is -0.557. The van der Waals surface area contributed by atoms with E-state index in [9.17, 15) is 9.59 Å². The smallest absolute Gasteiger partial charge is 0.338 e. The molecule has 1 fully saturated rings. The van der Waals surface area contributed by atoms with Crippen LogP contribution in [0.15, 0.2) is 54.1 Å². The van der Waals surface area contributed by atoms with E-state index in [2.05, 4.69) is 13.8 Å². The zero-order valence-corrected chi connectivity index (χ0v) is 19.4. The summed E-state index contributed by atoms with van der Waals surface area (Å²) in [6.07, 6.45) is 2.77. The summed E-state index contributed by atoms with van der Waals surface area (Å²) < 4.78 is 16.8. The predicted molar refractivity (Wildman–Crippen MR) is 124 cm³/mol. The Morgan fingerprint density at radius 1 is 0.781 bits per heavy atom. The minimum Gasteiger partial charge on any atom is -0.493 e. The summed E-state index contributed by atoms with van der Waals surface area (Å²) in [4.78, 5) is 24.6.